The van der Waals surface area contributed by atoms with Crippen molar-refractivity contribution in [3.8, 4) is 0 Å². The quantitative estimate of drug-likeness (QED) is 0.513. The van der Waals surface area contributed by atoms with Gasteiger partial charge in [0.1, 0.15) is 0 Å². The zero-order chi connectivity index (χ0) is 7.11. The van der Waals surface area contributed by atoms with Crippen LogP contribution in [0.4, 0.5) is 0 Å². The normalized spacial score (nSPS) is 10.0. The second kappa shape index (κ2) is 5.31. The fourth-order valence-electron chi connectivity index (χ4n) is 0.361. The minimum atomic E-state index is -0.0578. The lowest BCUT2D eigenvalue weighted by molar-refractivity contribution is -0.118. The summed E-state index contributed by atoms with van der Waals surface area (Å²) in [7, 11) is 0. The SMILES string of the molecule is CC(=O)NC/C=C/CO. The van der Waals surface area contributed by atoms with Crippen LogP contribution in [0.15, 0.2) is 12.2 Å². The van der Waals surface area contributed by atoms with Crippen molar-refractivity contribution >= 4 is 5.91 Å². The molecule has 0 unspecified atom stereocenters. The van der Waals surface area contributed by atoms with Gasteiger partial charge < -0.3 is 10.4 Å². The maximum absolute atomic E-state index is 10.2. The number of rotatable bonds is 3. The summed E-state index contributed by atoms with van der Waals surface area (Å²) in [5.74, 6) is -0.0578. The van der Waals surface area contributed by atoms with Crippen LogP contribution in [0.2, 0.25) is 0 Å². The van der Waals surface area contributed by atoms with Crippen molar-refractivity contribution in [2.75, 3.05) is 13.2 Å². The Morgan fingerprint density at radius 1 is 1.67 bits per heavy atom. The average molecular weight is 129 g/mol. The average Bonchev–Trinajstić information content (AvgIpc) is 1.80. The van der Waals surface area contributed by atoms with Gasteiger partial charge in [0.25, 0.3) is 0 Å². The summed E-state index contributed by atoms with van der Waals surface area (Å²) >= 11 is 0. The van der Waals surface area contributed by atoms with Crippen molar-refractivity contribution in [2.24, 2.45) is 0 Å². The summed E-state index contributed by atoms with van der Waals surface area (Å²) in [6.45, 7) is 1.97. The highest BCUT2D eigenvalue weighted by Crippen LogP contribution is 1.67. The van der Waals surface area contributed by atoms with Crippen LogP contribution >= 0.6 is 0 Å². The second-order valence-electron chi connectivity index (χ2n) is 1.59. The van der Waals surface area contributed by atoms with Crippen LogP contribution in [-0.2, 0) is 4.79 Å². The molecule has 9 heavy (non-hydrogen) atoms. The Morgan fingerprint density at radius 2 is 2.33 bits per heavy atom. The maximum Gasteiger partial charge on any atom is 0.217 e. The van der Waals surface area contributed by atoms with Crippen LogP contribution < -0.4 is 5.32 Å². The van der Waals surface area contributed by atoms with Gasteiger partial charge in [0.05, 0.1) is 6.61 Å². The molecule has 0 aromatic heterocycles. The molecule has 0 radical (unpaired) electrons. The maximum atomic E-state index is 10.2. The molecule has 0 saturated heterocycles. The summed E-state index contributed by atoms with van der Waals surface area (Å²) in [6.07, 6.45) is 3.28. The summed E-state index contributed by atoms with van der Waals surface area (Å²) in [5, 5.41) is 10.8. The fraction of sp³-hybridized carbons (Fsp3) is 0.500. The molecule has 0 rings (SSSR count). The molecule has 0 fully saturated rings. The number of hydrogen-bond acceptors (Lipinski definition) is 2. The molecule has 0 saturated carbocycles. The number of aliphatic hydroxyl groups excluding tert-OH is 1. The van der Waals surface area contributed by atoms with Crippen molar-refractivity contribution in [2.45, 2.75) is 6.92 Å². The van der Waals surface area contributed by atoms with Gasteiger partial charge >= 0.3 is 0 Å². The molecule has 3 nitrogen and oxygen atoms in total. The second-order valence-corrected chi connectivity index (χ2v) is 1.59. The minimum absolute atomic E-state index is 0.0274. The van der Waals surface area contributed by atoms with E-state index in [1.807, 2.05) is 0 Å². The van der Waals surface area contributed by atoms with Crippen molar-refractivity contribution in [1.29, 1.82) is 0 Å². The molecule has 0 bridgehead atoms. The van der Waals surface area contributed by atoms with Gasteiger partial charge in [-0.3, -0.25) is 4.79 Å². The molecule has 52 valence electrons. The van der Waals surface area contributed by atoms with Crippen LogP contribution in [0.3, 0.4) is 0 Å². The molecule has 0 aliphatic heterocycles. The minimum Gasteiger partial charge on any atom is -0.392 e. The molecular formula is C6H11NO2. The zero-order valence-electron chi connectivity index (χ0n) is 5.42. The molecule has 0 heterocycles. The van der Waals surface area contributed by atoms with Crippen LogP contribution in [0.1, 0.15) is 6.92 Å². The lowest BCUT2D eigenvalue weighted by atomic mass is 10.5. The number of amides is 1. The number of aliphatic hydroxyl groups is 1. The van der Waals surface area contributed by atoms with E-state index in [0.717, 1.165) is 0 Å². The highest BCUT2D eigenvalue weighted by Gasteiger charge is 1.82. The monoisotopic (exact) mass is 129 g/mol. The fourth-order valence-corrected chi connectivity index (χ4v) is 0.361. The lowest BCUT2D eigenvalue weighted by Gasteiger charge is -1.92. The van der Waals surface area contributed by atoms with Crippen molar-refractivity contribution in [3.05, 3.63) is 12.2 Å². The third-order valence-corrected chi connectivity index (χ3v) is 0.741. The summed E-state index contributed by atoms with van der Waals surface area (Å²) in [6, 6.07) is 0. The first-order valence-corrected chi connectivity index (χ1v) is 2.77. The Bertz CT molecular complexity index is 110. The Kier molecular flexibility index (Phi) is 4.82. The van der Waals surface area contributed by atoms with E-state index < -0.39 is 0 Å². The van der Waals surface area contributed by atoms with Crippen LogP contribution in [0.25, 0.3) is 0 Å². The first kappa shape index (κ1) is 8.17. The summed E-state index contributed by atoms with van der Waals surface area (Å²) in [4.78, 5) is 10.2. The van der Waals surface area contributed by atoms with Crippen LogP contribution in [0.5, 0.6) is 0 Å². The molecule has 0 spiro atoms. The van der Waals surface area contributed by atoms with Crippen molar-refractivity contribution in [1.82, 2.24) is 5.32 Å². The summed E-state index contributed by atoms with van der Waals surface area (Å²) in [5.41, 5.74) is 0. The van der Waals surface area contributed by atoms with Crippen molar-refractivity contribution < 1.29 is 9.90 Å². The molecule has 0 aliphatic rings. The van der Waals surface area contributed by atoms with E-state index in [4.69, 9.17) is 5.11 Å². The Balaban J connectivity index is 3.09. The Hall–Kier alpha value is -0.830. The predicted molar refractivity (Wildman–Crippen MR) is 34.9 cm³/mol. The third kappa shape index (κ3) is 7.17. The van der Waals surface area contributed by atoms with Crippen molar-refractivity contribution in [3.63, 3.8) is 0 Å². The van der Waals surface area contributed by atoms with Gasteiger partial charge in [0.2, 0.25) is 5.91 Å². The first-order chi connectivity index (χ1) is 4.27. The lowest BCUT2D eigenvalue weighted by Crippen LogP contribution is -2.19. The van der Waals surface area contributed by atoms with E-state index >= 15 is 0 Å². The third-order valence-electron chi connectivity index (χ3n) is 0.741. The number of nitrogens with one attached hydrogen (secondary N) is 1. The van der Waals surface area contributed by atoms with Crippen LogP contribution in [-0.4, -0.2) is 24.2 Å². The van der Waals surface area contributed by atoms with Crippen LogP contribution in [0, 0.1) is 0 Å². The van der Waals surface area contributed by atoms with Gasteiger partial charge in [-0.05, 0) is 0 Å². The number of carbonyl (C=O) groups excluding carboxylic acids is 1. The topological polar surface area (TPSA) is 49.3 Å². The van der Waals surface area contributed by atoms with Gasteiger partial charge in [-0.15, -0.1) is 0 Å². The molecule has 0 aliphatic carbocycles. The molecule has 0 aromatic rings. The number of hydrogen-bond donors (Lipinski definition) is 2. The number of carbonyl (C=O) groups is 1. The Labute approximate surface area is 54.4 Å². The molecular weight excluding hydrogens is 118 g/mol. The van der Waals surface area contributed by atoms with E-state index in [1.54, 1.807) is 12.2 Å². The van der Waals surface area contributed by atoms with Gasteiger partial charge in [0, 0.05) is 13.5 Å². The van der Waals surface area contributed by atoms with Gasteiger partial charge in [-0.1, -0.05) is 12.2 Å². The molecule has 2 N–H and O–H groups in total. The standard InChI is InChI=1S/C6H11NO2/c1-6(9)7-4-2-3-5-8/h2-3,8H,4-5H2,1H3,(H,7,9)/b3-2+. The highest BCUT2D eigenvalue weighted by atomic mass is 16.2. The van der Waals surface area contributed by atoms with E-state index in [1.165, 1.54) is 6.92 Å². The Morgan fingerprint density at radius 3 is 2.78 bits per heavy atom. The van der Waals surface area contributed by atoms with Gasteiger partial charge in [-0.2, -0.15) is 0 Å². The zero-order valence-corrected chi connectivity index (χ0v) is 5.42. The van der Waals surface area contributed by atoms with E-state index in [2.05, 4.69) is 5.32 Å². The molecule has 0 atom stereocenters. The molecule has 0 aromatic carbocycles. The molecule has 3 heteroatoms. The van der Waals surface area contributed by atoms with E-state index in [-0.39, 0.29) is 12.5 Å². The largest absolute Gasteiger partial charge is 0.392 e. The van der Waals surface area contributed by atoms with E-state index in [9.17, 15) is 4.79 Å². The summed E-state index contributed by atoms with van der Waals surface area (Å²) < 4.78 is 0. The molecule has 1 amide bonds. The van der Waals surface area contributed by atoms with Gasteiger partial charge in [0.15, 0.2) is 0 Å². The van der Waals surface area contributed by atoms with Gasteiger partial charge in [-0.25, -0.2) is 0 Å². The smallest absolute Gasteiger partial charge is 0.217 e. The van der Waals surface area contributed by atoms with E-state index in [0.29, 0.717) is 6.54 Å². The predicted octanol–water partition coefficient (Wildman–Crippen LogP) is -0.329. The highest BCUT2D eigenvalue weighted by molar-refractivity contribution is 5.72. The first-order valence-electron chi connectivity index (χ1n) is 2.77.